The number of para-hydroxylation sites is 1. The van der Waals surface area contributed by atoms with Crippen LogP contribution in [0.15, 0.2) is 54.6 Å². The lowest BCUT2D eigenvalue weighted by Crippen LogP contribution is -2.41. The minimum atomic E-state index is -0.651. The second-order valence-electron chi connectivity index (χ2n) is 5.90. The summed E-state index contributed by atoms with van der Waals surface area (Å²) in [5.74, 6) is 0.643. The number of rotatable bonds is 3. The summed E-state index contributed by atoms with van der Waals surface area (Å²) >= 11 is 0. The molecule has 3 heteroatoms. The highest BCUT2D eigenvalue weighted by molar-refractivity contribution is 5.89. The lowest BCUT2D eigenvalue weighted by Gasteiger charge is -2.39. The molecule has 1 heterocycles. The van der Waals surface area contributed by atoms with Crippen LogP contribution in [0.3, 0.4) is 0 Å². The van der Waals surface area contributed by atoms with Crippen molar-refractivity contribution in [2.45, 2.75) is 24.9 Å². The van der Waals surface area contributed by atoms with Crippen LogP contribution >= 0.6 is 0 Å². The summed E-state index contributed by atoms with van der Waals surface area (Å²) in [7, 11) is 0. The van der Waals surface area contributed by atoms with Crippen molar-refractivity contribution in [3.05, 3.63) is 65.7 Å². The molecule has 2 aliphatic rings. The summed E-state index contributed by atoms with van der Waals surface area (Å²) in [6.45, 7) is 0. The van der Waals surface area contributed by atoms with Gasteiger partial charge >= 0.3 is 6.09 Å². The zero-order chi connectivity index (χ0) is 14.3. The number of anilines is 1. The molecule has 0 spiro atoms. The van der Waals surface area contributed by atoms with E-state index in [9.17, 15) is 4.79 Å². The number of hydrogen-bond donors (Lipinski definition) is 1. The Morgan fingerprint density at radius 3 is 2.52 bits per heavy atom. The molecule has 1 aliphatic heterocycles. The van der Waals surface area contributed by atoms with Gasteiger partial charge in [-0.2, -0.15) is 0 Å². The van der Waals surface area contributed by atoms with Crippen LogP contribution in [0.4, 0.5) is 10.5 Å². The second-order valence-corrected chi connectivity index (χ2v) is 5.90. The van der Waals surface area contributed by atoms with Crippen molar-refractivity contribution >= 4 is 11.8 Å². The van der Waals surface area contributed by atoms with Gasteiger partial charge in [0, 0.05) is 11.1 Å². The number of carbonyl (C=O) groups is 1. The number of nitrogens with one attached hydrogen (secondary N) is 1. The zero-order valence-electron chi connectivity index (χ0n) is 11.7. The molecular weight excluding hydrogens is 262 g/mol. The molecule has 1 unspecified atom stereocenters. The van der Waals surface area contributed by atoms with Crippen LogP contribution in [-0.4, -0.2) is 6.09 Å². The highest BCUT2D eigenvalue weighted by Crippen LogP contribution is 2.49. The number of fused-ring (bicyclic) bond motifs is 1. The highest BCUT2D eigenvalue weighted by atomic mass is 16.6. The van der Waals surface area contributed by atoms with E-state index in [1.165, 1.54) is 12.8 Å². The highest BCUT2D eigenvalue weighted by Gasteiger charge is 2.46. The van der Waals surface area contributed by atoms with Gasteiger partial charge in [-0.05, 0) is 18.4 Å². The van der Waals surface area contributed by atoms with Crippen molar-refractivity contribution < 1.29 is 9.53 Å². The van der Waals surface area contributed by atoms with Crippen molar-refractivity contribution in [2.24, 2.45) is 5.92 Å². The maximum atomic E-state index is 12.1. The summed E-state index contributed by atoms with van der Waals surface area (Å²) < 4.78 is 5.89. The average molecular weight is 279 g/mol. The third-order valence-electron chi connectivity index (χ3n) is 4.38. The molecular formula is C18H17NO2. The third-order valence-corrected chi connectivity index (χ3v) is 4.38. The molecule has 2 aromatic carbocycles. The normalized spacial score (nSPS) is 23.9. The largest absolute Gasteiger partial charge is 0.433 e. The molecule has 21 heavy (non-hydrogen) atoms. The predicted octanol–water partition coefficient (Wildman–Crippen LogP) is 4.29. The third kappa shape index (κ3) is 2.09. The Bertz CT molecular complexity index is 679. The Hall–Kier alpha value is -2.29. The van der Waals surface area contributed by atoms with Gasteiger partial charge in [0.2, 0.25) is 0 Å². The number of carbonyl (C=O) groups excluding carboxylic acids is 1. The van der Waals surface area contributed by atoms with Gasteiger partial charge in [0.1, 0.15) is 0 Å². The van der Waals surface area contributed by atoms with E-state index in [2.05, 4.69) is 23.5 Å². The molecule has 0 radical (unpaired) electrons. The van der Waals surface area contributed by atoms with Gasteiger partial charge in [-0.25, -0.2) is 4.79 Å². The number of hydrogen-bond acceptors (Lipinski definition) is 2. The first-order valence-electron chi connectivity index (χ1n) is 7.43. The van der Waals surface area contributed by atoms with E-state index in [1.54, 1.807) is 0 Å². The molecule has 4 rings (SSSR count). The molecule has 1 fully saturated rings. The number of amides is 1. The first kappa shape index (κ1) is 12.5. The van der Waals surface area contributed by atoms with Gasteiger partial charge in [0.05, 0.1) is 5.69 Å². The molecule has 0 saturated heterocycles. The number of ether oxygens (including phenoxy) is 1. The summed E-state index contributed by atoms with van der Waals surface area (Å²) in [5.41, 5.74) is 2.32. The molecule has 1 N–H and O–H groups in total. The van der Waals surface area contributed by atoms with E-state index in [0.717, 1.165) is 23.2 Å². The van der Waals surface area contributed by atoms with Gasteiger partial charge in [-0.1, -0.05) is 61.4 Å². The number of cyclic esters (lactones) is 1. The first-order chi connectivity index (χ1) is 10.3. The van der Waals surface area contributed by atoms with E-state index in [4.69, 9.17) is 4.74 Å². The van der Waals surface area contributed by atoms with Gasteiger partial charge in [-0.3, -0.25) is 5.32 Å². The van der Waals surface area contributed by atoms with Gasteiger partial charge in [0.15, 0.2) is 5.60 Å². The minimum Gasteiger partial charge on any atom is -0.433 e. The Balaban J connectivity index is 1.92. The van der Waals surface area contributed by atoms with Crippen LogP contribution in [-0.2, 0) is 10.3 Å². The average Bonchev–Trinajstić information content (AvgIpc) is 3.32. The van der Waals surface area contributed by atoms with E-state index < -0.39 is 5.60 Å². The lowest BCUT2D eigenvalue weighted by molar-refractivity contribution is 0.0329. The van der Waals surface area contributed by atoms with Crippen LogP contribution in [0, 0.1) is 5.92 Å². The molecule has 1 aliphatic carbocycles. The Labute approximate surface area is 123 Å². The summed E-state index contributed by atoms with van der Waals surface area (Å²) in [6, 6.07) is 18.1. The van der Waals surface area contributed by atoms with E-state index in [1.807, 2.05) is 36.4 Å². The van der Waals surface area contributed by atoms with Crippen molar-refractivity contribution in [2.75, 3.05) is 5.32 Å². The Kier molecular flexibility index (Phi) is 2.74. The van der Waals surface area contributed by atoms with E-state index in [-0.39, 0.29) is 6.09 Å². The topological polar surface area (TPSA) is 38.3 Å². The maximum absolute atomic E-state index is 12.1. The van der Waals surface area contributed by atoms with E-state index >= 15 is 0 Å². The van der Waals surface area contributed by atoms with Crippen LogP contribution in [0.25, 0.3) is 0 Å². The van der Waals surface area contributed by atoms with E-state index in [0.29, 0.717) is 5.92 Å². The molecule has 0 bridgehead atoms. The standard InChI is InChI=1S/C18H17NO2/c20-17-19-16-9-5-4-8-15(16)18(21-17,12-13-10-11-13)14-6-2-1-3-7-14/h1-9,13H,10-12H2,(H,19,20). The second kappa shape index (κ2) is 4.62. The Morgan fingerprint density at radius 2 is 1.76 bits per heavy atom. The zero-order valence-corrected chi connectivity index (χ0v) is 11.7. The van der Waals surface area contributed by atoms with Crippen LogP contribution < -0.4 is 5.32 Å². The molecule has 106 valence electrons. The first-order valence-corrected chi connectivity index (χ1v) is 7.43. The molecule has 1 atom stereocenters. The van der Waals surface area contributed by atoms with Crippen LogP contribution in [0.5, 0.6) is 0 Å². The fraction of sp³-hybridized carbons (Fsp3) is 0.278. The summed E-state index contributed by atoms with van der Waals surface area (Å²) in [4.78, 5) is 12.1. The number of benzene rings is 2. The smallest absolute Gasteiger partial charge is 0.412 e. The lowest BCUT2D eigenvalue weighted by atomic mass is 9.80. The minimum absolute atomic E-state index is 0.363. The molecule has 1 amide bonds. The molecule has 2 aromatic rings. The van der Waals surface area contributed by atoms with Crippen molar-refractivity contribution in [1.82, 2.24) is 0 Å². The molecule has 3 nitrogen and oxygen atoms in total. The quantitative estimate of drug-likeness (QED) is 0.910. The SMILES string of the molecule is O=C1Nc2ccccc2C(CC2CC2)(c2ccccc2)O1. The Morgan fingerprint density at radius 1 is 1.05 bits per heavy atom. The fourth-order valence-corrected chi connectivity index (χ4v) is 3.21. The van der Waals surface area contributed by atoms with Crippen LogP contribution in [0.2, 0.25) is 0 Å². The van der Waals surface area contributed by atoms with Gasteiger partial charge in [0.25, 0.3) is 0 Å². The van der Waals surface area contributed by atoms with Crippen molar-refractivity contribution in [3.63, 3.8) is 0 Å². The summed E-state index contributed by atoms with van der Waals surface area (Å²) in [5, 5.41) is 2.82. The summed E-state index contributed by atoms with van der Waals surface area (Å²) in [6.07, 6.45) is 2.95. The van der Waals surface area contributed by atoms with Crippen LogP contribution in [0.1, 0.15) is 30.4 Å². The monoisotopic (exact) mass is 279 g/mol. The van der Waals surface area contributed by atoms with Gasteiger partial charge in [-0.15, -0.1) is 0 Å². The molecule has 1 saturated carbocycles. The fourth-order valence-electron chi connectivity index (χ4n) is 3.21. The van der Waals surface area contributed by atoms with Crippen molar-refractivity contribution in [3.8, 4) is 0 Å². The maximum Gasteiger partial charge on any atom is 0.412 e. The molecule has 0 aromatic heterocycles. The van der Waals surface area contributed by atoms with Gasteiger partial charge < -0.3 is 4.74 Å². The van der Waals surface area contributed by atoms with Crippen molar-refractivity contribution in [1.29, 1.82) is 0 Å². The predicted molar refractivity (Wildman–Crippen MR) is 81.1 cm³/mol.